The maximum Gasteiger partial charge on any atom is 0.137 e. The van der Waals surface area contributed by atoms with Gasteiger partial charge in [0.25, 0.3) is 0 Å². The van der Waals surface area contributed by atoms with Crippen LogP contribution < -0.4 is 5.32 Å². The minimum absolute atomic E-state index is 0.241. The van der Waals surface area contributed by atoms with E-state index in [0.717, 1.165) is 18.8 Å². The van der Waals surface area contributed by atoms with E-state index in [4.69, 9.17) is 0 Å². The fourth-order valence-electron chi connectivity index (χ4n) is 2.34. The van der Waals surface area contributed by atoms with Crippen molar-refractivity contribution in [2.45, 2.75) is 33.9 Å². The molecule has 19 heavy (non-hydrogen) atoms. The topological polar surface area (TPSA) is 17.0 Å². The standard InChI is InChI=1S/C15H18BrFN2/c1-4-19-10(2)7-12(11(19)3)9-18-13-5-6-15(17)14(16)8-13/h5-8,18H,4,9H2,1-3H3. The number of aryl methyl sites for hydroxylation is 1. The van der Waals surface area contributed by atoms with Gasteiger partial charge in [-0.15, -0.1) is 0 Å². The molecule has 0 spiro atoms. The molecule has 0 aliphatic heterocycles. The van der Waals surface area contributed by atoms with Crippen molar-refractivity contribution in [2.75, 3.05) is 5.32 Å². The fourth-order valence-corrected chi connectivity index (χ4v) is 2.72. The molecule has 1 aromatic carbocycles. The van der Waals surface area contributed by atoms with Gasteiger partial charge in [0.1, 0.15) is 5.82 Å². The first-order chi connectivity index (χ1) is 9.02. The van der Waals surface area contributed by atoms with Crippen molar-refractivity contribution >= 4 is 21.6 Å². The number of rotatable bonds is 4. The predicted octanol–water partition coefficient (Wildman–Crippen LogP) is 4.64. The quantitative estimate of drug-likeness (QED) is 0.867. The number of halogens is 2. The summed E-state index contributed by atoms with van der Waals surface area (Å²) in [5, 5.41) is 3.32. The summed E-state index contributed by atoms with van der Waals surface area (Å²) in [5.74, 6) is -0.241. The molecule has 4 heteroatoms. The molecule has 1 heterocycles. The molecule has 0 bridgehead atoms. The molecule has 0 saturated heterocycles. The van der Waals surface area contributed by atoms with E-state index in [2.05, 4.69) is 52.7 Å². The predicted molar refractivity (Wildman–Crippen MR) is 81.0 cm³/mol. The summed E-state index contributed by atoms with van der Waals surface area (Å²) in [6.45, 7) is 8.13. The summed E-state index contributed by atoms with van der Waals surface area (Å²) in [6.07, 6.45) is 0. The lowest BCUT2D eigenvalue weighted by atomic mass is 10.2. The minimum atomic E-state index is -0.241. The summed E-state index contributed by atoms with van der Waals surface area (Å²) < 4.78 is 15.9. The van der Waals surface area contributed by atoms with Crippen LogP contribution in [0.5, 0.6) is 0 Å². The van der Waals surface area contributed by atoms with Crippen LogP contribution in [0.4, 0.5) is 10.1 Å². The third-order valence-corrected chi connectivity index (χ3v) is 4.00. The molecular formula is C15H18BrFN2. The lowest BCUT2D eigenvalue weighted by molar-refractivity contribution is 0.621. The van der Waals surface area contributed by atoms with Gasteiger partial charge >= 0.3 is 0 Å². The van der Waals surface area contributed by atoms with E-state index in [-0.39, 0.29) is 5.82 Å². The van der Waals surface area contributed by atoms with Gasteiger partial charge < -0.3 is 9.88 Å². The van der Waals surface area contributed by atoms with Crippen LogP contribution in [-0.2, 0) is 13.1 Å². The van der Waals surface area contributed by atoms with E-state index < -0.39 is 0 Å². The number of nitrogens with one attached hydrogen (secondary N) is 1. The van der Waals surface area contributed by atoms with Gasteiger partial charge in [-0.1, -0.05) is 0 Å². The average molecular weight is 325 g/mol. The third kappa shape index (κ3) is 3.00. The molecule has 1 aromatic heterocycles. The first kappa shape index (κ1) is 14.1. The molecule has 2 nitrogen and oxygen atoms in total. The van der Waals surface area contributed by atoms with Gasteiger partial charge in [0.2, 0.25) is 0 Å². The van der Waals surface area contributed by atoms with E-state index in [1.807, 2.05) is 0 Å². The maximum absolute atomic E-state index is 13.2. The highest BCUT2D eigenvalue weighted by atomic mass is 79.9. The van der Waals surface area contributed by atoms with Crippen molar-refractivity contribution in [1.82, 2.24) is 4.57 Å². The number of anilines is 1. The van der Waals surface area contributed by atoms with Crippen LogP contribution in [-0.4, -0.2) is 4.57 Å². The second kappa shape index (κ2) is 5.78. The SMILES string of the molecule is CCn1c(C)cc(CNc2ccc(F)c(Br)c2)c1C. The van der Waals surface area contributed by atoms with E-state index >= 15 is 0 Å². The van der Waals surface area contributed by atoms with Crippen LogP contribution in [0, 0.1) is 19.7 Å². The van der Waals surface area contributed by atoms with Crippen LogP contribution in [0.15, 0.2) is 28.7 Å². The summed E-state index contributed by atoms with van der Waals surface area (Å²) in [6, 6.07) is 7.17. The lowest BCUT2D eigenvalue weighted by Crippen LogP contribution is -2.03. The van der Waals surface area contributed by atoms with Crippen LogP contribution >= 0.6 is 15.9 Å². The van der Waals surface area contributed by atoms with Gasteiger partial charge in [0.05, 0.1) is 4.47 Å². The van der Waals surface area contributed by atoms with Gasteiger partial charge in [0.15, 0.2) is 0 Å². The Balaban J connectivity index is 2.12. The summed E-state index contributed by atoms with van der Waals surface area (Å²) in [7, 11) is 0. The van der Waals surface area contributed by atoms with Crippen molar-refractivity contribution in [3.05, 3.63) is 51.5 Å². The Morgan fingerprint density at radius 3 is 2.58 bits per heavy atom. The minimum Gasteiger partial charge on any atom is -0.381 e. The van der Waals surface area contributed by atoms with Gasteiger partial charge in [0, 0.05) is 30.2 Å². The molecule has 2 rings (SSSR count). The van der Waals surface area contributed by atoms with Gasteiger partial charge in [-0.25, -0.2) is 4.39 Å². The van der Waals surface area contributed by atoms with Crippen LogP contribution in [0.25, 0.3) is 0 Å². The molecule has 0 saturated carbocycles. The van der Waals surface area contributed by atoms with Gasteiger partial charge in [-0.2, -0.15) is 0 Å². The third-order valence-electron chi connectivity index (χ3n) is 3.40. The average Bonchev–Trinajstić information content (AvgIpc) is 2.65. The van der Waals surface area contributed by atoms with Crippen molar-refractivity contribution in [3.63, 3.8) is 0 Å². The second-order valence-corrected chi connectivity index (χ2v) is 5.48. The second-order valence-electron chi connectivity index (χ2n) is 4.62. The highest BCUT2D eigenvalue weighted by Crippen LogP contribution is 2.21. The van der Waals surface area contributed by atoms with Gasteiger partial charge in [-0.3, -0.25) is 0 Å². The lowest BCUT2D eigenvalue weighted by Gasteiger charge is -2.08. The molecule has 0 atom stereocenters. The Morgan fingerprint density at radius 1 is 1.26 bits per heavy atom. The Labute approximate surface area is 121 Å². The van der Waals surface area contributed by atoms with Crippen molar-refractivity contribution in [3.8, 4) is 0 Å². The summed E-state index contributed by atoms with van der Waals surface area (Å²) in [5.41, 5.74) is 4.75. The normalized spacial score (nSPS) is 10.8. The number of nitrogens with zero attached hydrogens (tertiary/aromatic N) is 1. The van der Waals surface area contributed by atoms with Crippen LogP contribution in [0.3, 0.4) is 0 Å². The fraction of sp³-hybridized carbons (Fsp3) is 0.333. The molecule has 1 N–H and O–H groups in total. The number of hydrogen-bond acceptors (Lipinski definition) is 1. The zero-order valence-electron chi connectivity index (χ0n) is 11.4. The van der Waals surface area contributed by atoms with Gasteiger partial charge in [-0.05, 0) is 66.5 Å². The van der Waals surface area contributed by atoms with E-state index in [1.54, 1.807) is 12.1 Å². The molecular weight excluding hydrogens is 307 g/mol. The largest absolute Gasteiger partial charge is 0.381 e. The maximum atomic E-state index is 13.2. The number of benzene rings is 1. The Bertz CT molecular complexity index is 590. The molecule has 0 amide bonds. The smallest absolute Gasteiger partial charge is 0.137 e. The van der Waals surface area contributed by atoms with E-state index in [0.29, 0.717) is 4.47 Å². The number of aromatic nitrogens is 1. The number of hydrogen-bond donors (Lipinski definition) is 1. The van der Waals surface area contributed by atoms with E-state index in [9.17, 15) is 4.39 Å². The van der Waals surface area contributed by atoms with Crippen molar-refractivity contribution in [1.29, 1.82) is 0 Å². The Kier molecular flexibility index (Phi) is 4.30. The van der Waals surface area contributed by atoms with Crippen LogP contribution in [0.1, 0.15) is 23.9 Å². The first-order valence-corrected chi connectivity index (χ1v) is 7.16. The molecule has 2 aromatic rings. The summed E-state index contributed by atoms with van der Waals surface area (Å²) in [4.78, 5) is 0. The zero-order chi connectivity index (χ0) is 14.0. The zero-order valence-corrected chi connectivity index (χ0v) is 13.0. The highest BCUT2D eigenvalue weighted by molar-refractivity contribution is 9.10. The Hall–Kier alpha value is -1.29. The molecule has 102 valence electrons. The molecule has 0 unspecified atom stereocenters. The summed E-state index contributed by atoms with van der Waals surface area (Å²) >= 11 is 3.19. The monoisotopic (exact) mass is 324 g/mol. The first-order valence-electron chi connectivity index (χ1n) is 6.37. The Morgan fingerprint density at radius 2 is 2.00 bits per heavy atom. The molecule has 0 fully saturated rings. The van der Waals surface area contributed by atoms with Crippen LogP contribution in [0.2, 0.25) is 0 Å². The van der Waals surface area contributed by atoms with Crippen molar-refractivity contribution in [2.24, 2.45) is 0 Å². The molecule has 0 aliphatic carbocycles. The molecule has 0 aliphatic rings. The highest BCUT2D eigenvalue weighted by Gasteiger charge is 2.07. The molecule has 0 radical (unpaired) electrons. The van der Waals surface area contributed by atoms with Crippen molar-refractivity contribution < 1.29 is 4.39 Å². The van der Waals surface area contributed by atoms with E-state index in [1.165, 1.54) is 23.0 Å².